The van der Waals surface area contributed by atoms with E-state index in [1.165, 1.54) is 0 Å². The zero-order chi connectivity index (χ0) is 15.3. The first-order chi connectivity index (χ1) is 10.0. The lowest BCUT2D eigenvalue weighted by atomic mass is 9.90. The highest BCUT2D eigenvalue weighted by Crippen LogP contribution is 2.27. The van der Waals surface area contributed by atoms with Crippen LogP contribution in [0.25, 0.3) is 0 Å². The van der Waals surface area contributed by atoms with Crippen molar-refractivity contribution in [3.8, 4) is 0 Å². The molecule has 1 aliphatic carbocycles. The van der Waals surface area contributed by atoms with Crippen LogP contribution < -0.4 is 10.6 Å². The van der Waals surface area contributed by atoms with Crippen LogP contribution in [0.4, 0.5) is 4.79 Å². The van der Waals surface area contributed by atoms with Crippen molar-refractivity contribution in [2.75, 3.05) is 0 Å². The molecule has 0 aromatic carbocycles. The summed E-state index contributed by atoms with van der Waals surface area (Å²) in [7, 11) is 1.84. The summed E-state index contributed by atoms with van der Waals surface area (Å²) < 4.78 is 1.80. The Labute approximate surface area is 123 Å². The van der Waals surface area contributed by atoms with Gasteiger partial charge in [-0.15, -0.1) is 0 Å². The molecule has 21 heavy (non-hydrogen) atoms. The molecule has 0 bridgehead atoms. The molecule has 0 unspecified atom stereocenters. The van der Waals surface area contributed by atoms with Gasteiger partial charge in [-0.05, 0) is 12.8 Å². The Bertz CT molecular complexity index is 504. The number of hydrogen-bond donors (Lipinski definition) is 3. The van der Waals surface area contributed by atoms with Gasteiger partial charge in [0.25, 0.3) is 0 Å². The van der Waals surface area contributed by atoms with Crippen molar-refractivity contribution in [2.24, 2.45) is 7.05 Å². The van der Waals surface area contributed by atoms with E-state index in [4.69, 9.17) is 0 Å². The zero-order valence-corrected chi connectivity index (χ0v) is 12.3. The maximum atomic E-state index is 12.0. The lowest BCUT2D eigenvalue weighted by Gasteiger charge is -2.29. The van der Waals surface area contributed by atoms with Gasteiger partial charge in [0.15, 0.2) is 0 Å². The minimum atomic E-state index is -1.14. The third-order valence-corrected chi connectivity index (χ3v) is 4.05. The summed E-state index contributed by atoms with van der Waals surface area (Å²) in [5.41, 5.74) is -1.14. The van der Waals surface area contributed by atoms with Gasteiger partial charge in [-0.2, -0.15) is 0 Å². The zero-order valence-electron chi connectivity index (χ0n) is 12.3. The second-order valence-electron chi connectivity index (χ2n) is 5.56. The maximum Gasteiger partial charge on any atom is 0.329 e. The van der Waals surface area contributed by atoms with Gasteiger partial charge in [-0.1, -0.05) is 25.7 Å². The first kappa shape index (κ1) is 15.3. The van der Waals surface area contributed by atoms with Gasteiger partial charge in [0.05, 0.1) is 6.54 Å². The Morgan fingerprint density at radius 2 is 2.00 bits per heavy atom. The molecule has 0 spiro atoms. The number of imidazole rings is 1. The van der Waals surface area contributed by atoms with E-state index in [9.17, 15) is 14.7 Å². The summed E-state index contributed by atoms with van der Waals surface area (Å²) in [5.74, 6) is -0.230. The van der Waals surface area contributed by atoms with Crippen molar-refractivity contribution < 1.29 is 14.7 Å². The summed E-state index contributed by atoms with van der Waals surface area (Å²) >= 11 is 0. The molecule has 7 heteroatoms. The molecular weight excluding hydrogens is 272 g/mol. The molecule has 2 rings (SSSR count). The maximum absolute atomic E-state index is 12.0. The van der Waals surface area contributed by atoms with Crippen LogP contribution in [-0.2, 0) is 18.4 Å². The van der Waals surface area contributed by atoms with E-state index in [0.29, 0.717) is 12.8 Å². The quantitative estimate of drug-likeness (QED) is 0.731. The minimum absolute atomic E-state index is 0.269. The van der Waals surface area contributed by atoms with Crippen LogP contribution in [0.2, 0.25) is 0 Å². The number of amides is 2. The van der Waals surface area contributed by atoms with Crippen LogP contribution in [-0.4, -0.2) is 32.2 Å². The molecule has 0 aliphatic heterocycles. The van der Waals surface area contributed by atoms with Gasteiger partial charge < -0.3 is 20.3 Å². The molecule has 3 N–H and O–H groups in total. The van der Waals surface area contributed by atoms with Crippen molar-refractivity contribution in [1.29, 1.82) is 0 Å². The topological polar surface area (TPSA) is 96.3 Å². The van der Waals surface area contributed by atoms with Crippen molar-refractivity contribution in [3.63, 3.8) is 0 Å². The molecule has 1 saturated carbocycles. The second kappa shape index (κ2) is 6.60. The largest absolute Gasteiger partial charge is 0.480 e. The molecule has 0 saturated heterocycles. The predicted molar refractivity (Wildman–Crippen MR) is 76.6 cm³/mol. The highest BCUT2D eigenvalue weighted by atomic mass is 16.4. The summed E-state index contributed by atoms with van der Waals surface area (Å²) in [6.45, 7) is 0.269. The Kier molecular flexibility index (Phi) is 4.82. The molecule has 1 fully saturated rings. The van der Waals surface area contributed by atoms with E-state index < -0.39 is 17.5 Å². The summed E-state index contributed by atoms with van der Waals surface area (Å²) in [6.07, 6.45) is 8.10. The first-order valence-corrected chi connectivity index (χ1v) is 7.29. The van der Waals surface area contributed by atoms with E-state index >= 15 is 0 Å². The molecule has 0 radical (unpaired) electrons. The van der Waals surface area contributed by atoms with Gasteiger partial charge in [-0.3, -0.25) is 0 Å². The van der Waals surface area contributed by atoms with E-state index in [2.05, 4.69) is 15.6 Å². The lowest BCUT2D eigenvalue weighted by Crippen LogP contribution is -2.56. The molecule has 1 heterocycles. The van der Waals surface area contributed by atoms with Crippen molar-refractivity contribution in [1.82, 2.24) is 20.2 Å². The number of carboxylic acids is 1. The van der Waals surface area contributed by atoms with Gasteiger partial charge in [-0.25, -0.2) is 14.6 Å². The van der Waals surface area contributed by atoms with Gasteiger partial charge in [0, 0.05) is 19.4 Å². The molecule has 1 aromatic rings. The number of aryl methyl sites for hydroxylation is 1. The minimum Gasteiger partial charge on any atom is -0.480 e. The highest BCUT2D eigenvalue weighted by Gasteiger charge is 2.40. The van der Waals surface area contributed by atoms with E-state index in [0.717, 1.165) is 31.5 Å². The Hall–Kier alpha value is -2.05. The van der Waals surface area contributed by atoms with Crippen LogP contribution in [0.3, 0.4) is 0 Å². The van der Waals surface area contributed by atoms with Crippen LogP contribution in [0, 0.1) is 0 Å². The van der Waals surface area contributed by atoms with Gasteiger partial charge in [0.1, 0.15) is 11.4 Å². The van der Waals surface area contributed by atoms with Crippen LogP contribution in [0.15, 0.2) is 12.4 Å². The average Bonchev–Trinajstić information content (AvgIpc) is 2.70. The van der Waals surface area contributed by atoms with Crippen LogP contribution in [0.1, 0.15) is 44.3 Å². The highest BCUT2D eigenvalue weighted by molar-refractivity contribution is 5.86. The first-order valence-electron chi connectivity index (χ1n) is 7.29. The molecule has 116 valence electrons. The van der Waals surface area contributed by atoms with Crippen LogP contribution in [0.5, 0.6) is 0 Å². The number of aromatic nitrogens is 2. The van der Waals surface area contributed by atoms with Crippen molar-refractivity contribution >= 4 is 12.0 Å². The smallest absolute Gasteiger partial charge is 0.329 e. The Balaban J connectivity index is 1.95. The normalized spacial score (nSPS) is 17.8. The van der Waals surface area contributed by atoms with Gasteiger partial charge >= 0.3 is 12.0 Å². The number of carboxylic acid groups (broad SMARTS) is 1. The third kappa shape index (κ3) is 3.74. The fourth-order valence-corrected chi connectivity index (χ4v) is 2.71. The van der Waals surface area contributed by atoms with Crippen molar-refractivity contribution in [2.45, 2.75) is 50.6 Å². The summed E-state index contributed by atoms with van der Waals surface area (Å²) in [6, 6.07) is -0.456. The summed E-state index contributed by atoms with van der Waals surface area (Å²) in [5, 5.41) is 14.8. The molecule has 2 amide bonds. The predicted octanol–water partition coefficient (Wildman–Crippen LogP) is 1.40. The Morgan fingerprint density at radius 1 is 1.33 bits per heavy atom. The number of carbonyl (C=O) groups is 2. The molecule has 0 atom stereocenters. The number of urea groups is 1. The number of aliphatic carboxylic acids is 1. The second-order valence-corrected chi connectivity index (χ2v) is 5.56. The number of nitrogens with zero attached hydrogens (tertiary/aromatic N) is 2. The molecular formula is C14H22N4O3. The number of carbonyl (C=O) groups excluding carboxylic acids is 1. The lowest BCUT2D eigenvalue weighted by molar-refractivity contribution is -0.145. The average molecular weight is 294 g/mol. The Morgan fingerprint density at radius 3 is 2.52 bits per heavy atom. The fourth-order valence-electron chi connectivity index (χ4n) is 2.71. The van der Waals surface area contributed by atoms with Crippen molar-refractivity contribution in [3.05, 3.63) is 18.2 Å². The SMILES string of the molecule is Cn1ccnc1CNC(=O)NC1(C(=O)O)CCCCCC1. The fraction of sp³-hybridized carbons (Fsp3) is 0.643. The standard InChI is InChI=1S/C14H22N4O3/c1-18-9-8-15-11(18)10-16-13(21)17-14(12(19)20)6-4-2-3-5-7-14/h8-9H,2-7,10H2,1H3,(H,19,20)(H2,16,17,21). The number of nitrogens with one attached hydrogen (secondary N) is 2. The van der Waals surface area contributed by atoms with Crippen LogP contribution >= 0.6 is 0 Å². The van der Waals surface area contributed by atoms with E-state index in [-0.39, 0.29) is 6.54 Å². The monoisotopic (exact) mass is 294 g/mol. The van der Waals surface area contributed by atoms with E-state index in [1.807, 2.05) is 7.05 Å². The molecule has 1 aromatic heterocycles. The van der Waals surface area contributed by atoms with Gasteiger partial charge in [0.2, 0.25) is 0 Å². The summed E-state index contributed by atoms with van der Waals surface area (Å²) in [4.78, 5) is 27.7. The third-order valence-electron chi connectivity index (χ3n) is 4.05. The molecule has 7 nitrogen and oxygen atoms in total. The van der Waals surface area contributed by atoms with E-state index in [1.54, 1.807) is 17.0 Å². The number of hydrogen-bond acceptors (Lipinski definition) is 3. The number of rotatable bonds is 4. The molecule has 1 aliphatic rings.